The van der Waals surface area contributed by atoms with Crippen LogP contribution in [0.25, 0.3) is 10.6 Å². The summed E-state index contributed by atoms with van der Waals surface area (Å²) in [5.41, 5.74) is 2.75. The van der Waals surface area contributed by atoms with Gasteiger partial charge in [0.05, 0.1) is 24.2 Å². The van der Waals surface area contributed by atoms with Crippen molar-refractivity contribution in [3.63, 3.8) is 0 Å². The second-order valence-corrected chi connectivity index (χ2v) is 9.46. The summed E-state index contributed by atoms with van der Waals surface area (Å²) < 4.78 is 33.0. The molecule has 2 aromatic carbocycles. The van der Waals surface area contributed by atoms with Crippen LogP contribution in [0.5, 0.6) is 5.75 Å². The van der Waals surface area contributed by atoms with Crippen LogP contribution < -0.4 is 4.74 Å². The van der Waals surface area contributed by atoms with Crippen molar-refractivity contribution in [2.75, 3.05) is 13.7 Å². The number of sulfonamides is 1. The van der Waals surface area contributed by atoms with E-state index in [0.29, 0.717) is 24.4 Å². The van der Waals surface area contributed by atoms with Gasteiger partial charge in [-0.1, -0.05) is 30.3 Å². The Hall–Kier alpha value is -2.22. The summed E-state index contributed by atoms with van der Waals surface area (Å²) in [5.74, 6) is 0.782. The predicted octanol–water partition coefficient (Wildman–Crippen LogP) is 3.87. The maximum absolute atomic E-state index is 13.1. The van der Waals surface area contributed by atoms with E-state index in [0.717, 1.165) is 32.5 Å². The van der Waals surface area contributed by atoms with E-state index in [1.165, 1.54) is 0 Å². The summed E-state index contributed by atoms with van der Waals surface area (Å²) in [6.07, 6.45) is 0.626. The molecule has 2 heterocycles. The van der Waals surface area contributed by atoms with Crippen LogP contribution in [0.15, 0.2) is 53.4 Å². The Morgan fingerprint density at radius 2 is 1.96 bits per heavy atom. The van der Waals surface area contributed by atoms with Gasteiger partial charge in [-0.15, -0.1) is 11.3 Å². The van der Waals surface area contributed by atoms with E-state index < -0.39 is 10.0 Å². The van der Waals surface area contributed by atoms with Gasteiger partial charge < -0.3 is 4.74 Å². The number of fused-ring (bicyclic) bond motifs is 1. The van der Waals surface area contributed by atoms with Crippen molar-refractivity contribution in [3.8, 4) is 16.3 Å². The summed E-state index contributed by atoms with van der Waals surface area (Å²) in [4.78, 5) is 6.14. The molecule has 0 unspecified atom stereocenters. The second-order valence-electron chi connectivity index (χ2n) is 6.47. The number of aromatic nitrogens is 1. The highest BCUT2D eigenvalue weighted by Crippen LogP contribution is 2.34. The van der Waals surface area contributed by atoms with Gasteiger partial charge in [0, 0.05) is 23.4 Å². The number of hydrogen-bond donors (Lipinski definition) is 0. The van der Waals surface area contributed by atoms with Gasteiger partial charge in [0.2, 0.25) is 10.0 Å². The van der Waals surface area contributed by atoms with Crippen molar-refractivity contribution in [2.24, 2.45) is 0 Å². The highest BCUT2D eigenvalue weighted by atomic mass is 32.2. The van der Waals surface area contributed by atoms with E-state index in [-0.39, 0.29) is 0 Å². The molecular formula is C20H20N2O3S2. The van der Waals surface area contributed by atoms with E-state index in [9.17, 15) is 8.42 Å². The van der Waals surface area contributed by atoms with Crippen LogP contribution in [0.2, 0.25) is 0 Å². The Morgan fingerprint density at radius 3 is 2.74 bits per heavy atom. The molecule has 0 bridgehead atoms. The molecule has 0 saturated carbocycles. The molecule has 5 nitrogen and oxygen atoms in total. The maximum atomic E-state index is 13.1. The Morgan fingerprint density at radius 1 is 1.15 bits per heavy atom. The summed E-state index contributed by atoms with van der Waals surface area (Å²) >= 11 is 1.55. The number of aryl methyl sites for hydroxylation is 1. The Bertz CT molecular complexity index is 1090. The summed E-state index contributed by atoms with van der Waals surface area (Å²) in [6, 6.07) is 14.9. The molecule has 1 aromatic heterocycles. The number of ether oxygens (including phenoxy) is 1. The van der Waals surface area contributed by atoms with Gasteiger partial charge in [-0.3, -0.25) is 0 Å². The molecule has 0 spiro atoms. The fraction of sp³-hybridized carbons (Fsp3) is 0.250. The van der Waals surface area contributed by atoms with Crippen LogP contribution in [0, 0.1) is 6.92 Å². The van der Waals surface area contributed by atoms with E-state index in [1.54, 1.807) is 34.9 Å². The van der Waals surface area contributed by atoms with Crippen LogP contribution in [-0.2, 0) is 23.0 Å². The van der Waals surface area contributed by atoms with Crippen LogP contribution in [-0.4, -0.2) is 31.4 Å². The van der Waals surface area contributed by atoms with Crippen molar-refractivity contribution in [1.82, 2.24) is 9.29 Å². The molecule has 4 rings (SSSR count). The van der Waals surface area contributed by atoms with Gasteiger partial charge in [-0.05, 0) is 30.7 Å². The first-order valence-corrected chi connectivity index (χ1v) is 10.9. The van der Waals surface area contributed by atoms with Crippen molar-refractivity contribution in [1.29, 1.82) is 0 Å². The Labute approximate surface area is 163 Å². The zero-order valence-corrected chi connectivity index (χ0v) is 16.8. The van der Waals surface area contributed by atoms with Crippen molar-refractivity contribution < 1.29 is 13.2 Å². The highest BCUT2D eigenvalue weighted by Gasteiger charge is 2.31. The fourth-order valence-electron chi connectivity index (χ4n) is 3.24. The van der Waals surface area contributed by atoms with Crippen LogP contribution in [0.4, 0.5) is 0 Å². The van der Waals surface area contributed by atoms with Gasteiger partial charge in [0.15, 0.2) is 0 Å². The number of benzene rings is 2. The van der Waals surface area contributed by atoms with Crippen LogP contribution in [0.1, 0.15) is 16.1 Å². The van der Waals surface area contributed by atoms with Gasteiger partial charge in [0.25, 0.3) is 0 Å². The molecular weight excluding hydrogens is 380 g/mol. The molecule has 0 saturated heterocycles. The normalized spacial score (nSPS) is 14.7. The molecule has 0 amide bonds. The highest BCUT2D eigenvalue weighted by molar-refractivity contribution is 7.89. The topological polar surface area (TPSA) is 59.5 Å². The number of rotatable bonds is 4. The molecule has 0 atom stereocenters. The molecule has 0 aliphatic carbocycles. The van der Waals surface area contributed by atoms with Gasteiger partial charge in [-0.25, -0.2) is 13.4 Å². The predicted molar refractivity (Wildman–Crippen MR) is 107 cm³/mol. The maximum Gasteiger partial charge on any atom is 0.243 e. The average molecular weight is 401 g/mol. The smallest absolute Gasteiger partial charge is 0.243 e. The van der Waals surface area contributed by atoms with E-state index >= 15 is 0 Å². The lowest BCUT2D eigenvalue weighted by molar-refractivity contribution is 0.392. The minimum Gasteiger partial charge on any atom is -0.497 e. The third-order valence-corrected chi connectivity index (χ3v) is 7.86. The Kier molecular flexibility index (Phi) is 4.75. The van der Waals surface area contributed by atoms with Gasteiger partial charge in [-0.2, -0.15) is 4.31 Å². The minimum atomic E-state index is -3.51. The molecule has 3 aromatic rings. The van der Waals surface area contributed by atoms with E-state index in [1.807, 2.05) is 43.3 Å². The van der Waals surface area contributed by atoms with Crippen LogP contribution in [0.3, 0.4) is 0 Å². The standard InChI is InChI=1S/C20H20N2O3S2/c1-14-6-3-4-9-19(14)27(23,24)22-11-10-17-18(13-22)26-20(21-17)15-7-5-8-16(12-15)25-2/h3-9,12H,10-11,13H2,1-2H3. The largest absolute Gasteiger partial charge is 0.497 e. The lowest BCUT2D eigenvalue weighted by Crippen LogP contribution is -2.35. The van der Waals surface area contributed by atoms with Crippen LogP contribution >= 0.6 is 11.3 Å². The fourth-order valence-corrected chi connectivity index (χ4v) is 6.08. The second kappa shape index (κ2) is 7.07. The van der Waals surface area contributed by atoms with Crippen molar-refractivity contribution in [2.45, 2.75) is 24.8 Å². The average Bonchev–Trinajstić information content (AvgIpc) is 3.11. The number of thiazole rings is 1. The zero-order valence-electron chi connectivity index (χ0n) is 15.2. The first-order valence-electron chi connectivity index (χ1n) is 8.68. The lowest BCUT2D eigenvalue weighted by atomic mass is 10.2. The number of hydrogen-bond acceptors (Lipinski definition) is 5. The third kappa shape index (κ3) is 3.38. The summed E-state index contributed by atoms with van der Waals surface area (Å²) in [6.45, 7) is 2.65. The van der Waals surface area contributed by atoms with Crippen molar-refractivity contribution >= 4 is 21.4 Å². The first kappa shape index (κ1) is 18.2. The number of methoxy groups -OCH3 is 1. The SMILES string of the molecule is COc1cccc(-c2nc3c(s2)CN(S(=O)(=O)c2ccccc2C)CC3)c1. The monoisotopic (exact) mass is 400 g/mol. The number of nitrogens with zero attached hydrogens (tertiary/aromatic N) is 2. The van der Waals surface area contributed by atoms with Gasteiger partial charge in [0.1, 0.15) is 10.8 Å². The summed E-state index contributed by atoms with van der Waals surface area (Å²) in [5, 5.41) is 0.897. The first-order chi connectivity index (χ1) is 13.0. The van der Waals surface area contributed by atoms with Gasteiger partial charge >= 0.3 is 0 Å². The molecule has 27 heavy (non-hydrogen) atoms. The molecule has 140 valence electrons. The molecule has 1 aliphatic heterocycles. The zero-order chi connectivity index (χ0) is 19.0. The van der Waals surface area contributed by atoms with E-state index in [2.05, 4.69) is 0 Å². The molecule has 1 aliphatic rings. The Balaban J connectivity index is 1.64. The molecule has 0 radical (unpaired) electrons. The van der Waals surface area contributed by atoms with Crippen molar-refractivity contribution in [3.05, 3.63) is 64.7 Å². The third-order valence-electron chi connectivity index (χ3n) is 4.72. The van der Waals surface area contributed by atoms with E-state index in [4.69, 9.17) is 9.72 Å². The molecule has 0 N–H and O–H groups in total. The molecule has 0 fully saturated rings. The quantitative estimate of drug-likeness (QED) is 0.667. The minimum absolute atomic E-state index is 0.369. The lowest BCUT2D eigenvalue weighted by Gasteiger charge is -2.26. The molecule has 7 heteroatoms. The summed E-state index contributed by atoms with van der Waals surface area (Å²) in [7, 11) is -1.87.